The van der Waals surface area contributed by atoms with Crippen molar-refractivity contribution in [3.63, 3.8) is 0 Å². The average Bonchev–Trinajstić information content (AvgIpc) is 2.65. The highest BCUT2D eigenvalue weighted by molar-refractivity contribution is 6.30. The summed E-state index contributed by atoms with van der Waals surface area (Å²) in [6.45, 7) is 4.86. The van der Waals surface area contributed by atoms with Crippen molar-refractivity contribution in [1.82, 2.24) is 10.2 Å². The van der Waals surface area contributed by atoms with Gasteiger partial charge in [0, 0.05) is 30.4 Å². The molecular formula is C21H22ClN3O. The molecule has 0 aliphatic carbocycles. The minimum Gasteiger partial charge on any atom is -0.386 e. The zero-order chi connectivity index (χ0) is 18.9. The third-order valence-electron chi connectivity index (χ3n) is 3.90. The molecule has 1 N–H and O–H groups in total. The van der Waals surface area contributed by atoms with Crippen LogP contribution in [0.1, 0.15) is 25.0 Å². The minimum absolute atomic E-state index is 0.0179. The van der Waals surface area contributed by atoms with E-state index in [-0.39, 0.29) is 17.5 Å². The molecule has 26 heavy (non-hydrogen) atoms. The molecule has 0 bridgehead atoms. The number of hydrogen-bond acceptors (Lipinski definition) is 3. The zero-order valence-electron chi connectivity index (χ0n) is 14.9. The molecule has 2 aromatic carbocycles. The number of benzene rings is 2. The van der Waals surface area contributed by atoms with Gasteiger partial charge in [-0.25, -0.2) is 0 Å². The standard InChI is InChI=1S/C21H22ClN3O/c1-16(2)25(15-18-6-4-3-5-7-18)21(26)19(12-23)14-24-13-17-8-10-20(22)11-9-17/h3-11,14,16,24H,13,15H2,1-2H3/b19-14-. The minimum atomic E-state index is -0.282. The maximum atomic E-state index is 12.8. The van der Waals surface area contributed by atoms with Crippen molar-refractivity contribution in [2.45, 2.75) is 33.0 Å². The molecule has 0 aliphatic rings. The summed E-state index contributed by atoms with van der Waals surface area (Å²) in [7, 11) is 0. The Labute approximate surface area is 159 Å². The lowest BCUT2D eigenvalue weighted by Gasteiger charge is -2.26. The van der Waals surface area contributed by atoms with Crippen molar-refractivity contribution in [2.75, 3.05) is 0 Å². The Balaban J connectivity index is 2.06. The molecule has 5 heteroatoms. The van der Waals surface area contributed by atoms with E-state index in [0.29, 0.717) is 18.1 Å². The number of carbonyl (C=O) groups excluding carboxylic acids is 1. The predicted molar refractivity (Wildman–Crippen MR) is 104 cm³/mol. The highest BCUT2D eigenvalue weighted by Gasteiger charge is 2.21. The topological polar surface area (TPSA) is 56.1 Å². The first-order valence-corrected chi connectivity index (χ1v) is 8.82. The van der Waals surface area contributed by atoms with Gasteiger partial charge in [0.25, 0.3) is 5.91 Å². The van der Waals surface area contributed by atoms with E-state index in [1.807, 2.05) is 62.4 Å². The van der Waals surface area contributed by atoms with E-state index in [1.54, 1.807) is 17.0 Å². The van der Waals surface area contributed by atoms with Gasteiger partial charge in [-0.2, -0.15) is 5.26 Å². The van der Waals surface area contributed by atoms with Crippen LogP contribution in [0.3, 0.4) is 0 Å². The van der Waals surface area contributed by atoms with E-state index in [9.17, 15) is 10.1 Å². The average molecular weight is 368 g/mol. The summed E-state index contributed by atoms with van der Waals surface area (Å²) in [5.74, 6) is -0.282. The number of rotatable bonds is 7. The van der Waals surface area contributed by atoms with Gasteiger partial charge in [-0.15, -0.1) is 0 Å². The summed E-state index contributed by atoms with van der Waals surface area (Å²) in [5.41, 5.74) is 2.13. The van der Waals surface area contributed by atoms with Crippen molar-refractivity contribution in [1.29, 1.82) is 5.26 Å². The molecule has 134 valence electrons. The van der Waals surface area contributed by atoms with Gasteiger partial charge < -0.3 is 10.2 Å². The summed E-state index contributed by atoms with van der Waals surface area (Å²) in [6, 6.07) is 19.1. The lowest BCUT2D eigenvalue weighted by molar-refractivity contribution is -0.129. The van der Waals surface area contributed by atoms with Crippen molar-refractivity contribution in [2.24, 2.45) is 0 Å². The highest BCUT2D eigenvalue weighted by Crippen LogP contribution is 2.13. The normalized spacial score (nSPS) is 11.1. The molecule has 0 saturated carbocycles. The molecule has 0 radical (unpaired) electrons. The van der Waals surface area contributed by atoms with E-state index in [2.05, 4.69) is 5.32 Å². The quantitative estimate of drug-likeness (QED) is 0.587. The van der Waals surface area contributed by atoms with Gasteiger partial charge in [0.2, 0.25) is 0 Å². The van der Waals surface area contributed by atoms with E-state index in [4.69, 9.17) is 11.6 Å². The Kier molecular flexibility index (Phi) is 7.25. The van der Waals surface area contributed by atoms with Crippen LogP contribution >= 0.6 is 11.6 Å². The molecule has 2 aromatic rings. The van der Waals surface area contributed by atoms with E-state index in [0.717, 1.165) is 11.1 Å². The van der Waals surface area contributed by atoms with Crippen LogP contribution in [0.4, 0.5) is 0 Å². The molecule has 0 saturated heterocycles. The van der Waals surface area contributed by atoms with Gasteiger partial charge in [0.15, 0.2) is 0 Å². The maximum absolute atomic E-state index is 12.8. The molecule has 0 aromatic heterocycles. The Hall–Kier alpha value is -2.77. The number of carbonyl (C=O) groups is 1. The molecular weight excluding hydrogens is 346 g/mol. The van der Waals surface area contributed by atoms with Gasteiger partial charge in [-0.3, -0.25) is 4.79 Å². The van der Waals surface area contributed by atoms with Gasteiger partial charge in [0.05, 0.1) is 0 Å². The second-order valence-electron chi connectivity index (χ2n) is 6.19. The van der Waals surface area contributed by atoms with Crippen LogP contribution in [0, 0.1) is 11.3 Å². The lowest BCUT2D eigenvalue weighted by atomic mass is 10.1. The monoisotopic (exact) mass is 367 g/mol. The first kappa shape index (κ1) is 19.6. The largest absolute Gasteiger partial charge is 0.386 e. The molecule has 2 rings (SSSR count). The maximum Gasteiger partial charge on any atom is 0.266 e. The first-order chi connectivity index (χ1) is 12.5. The molecule has 0 heterocycles. The molecule has 0 atom stereocenters. The van der Waals surface area contributed by atoms with Crippen LogP contribution in [0.15, 0.2) is 66.4 Å². The van der Waals surface area contributed by atoms with Crippen LogP contribution in [0.5, 0.6) is 0 Å². The SMILES string of the molecule is CC(C)N(Cc1ccccc1)C(=O)/C(C#N)=C\NCc1ccc(Cl)cc1. The van der Waals surface area contributed by atoms with Crippen LogP contribution in [-0.2, 0) is 17.9 Å². The van der Waals surface area contributed by atoms with E-state index < -0.39 is 0 Å². The number of nitrogens with zero attached hydrogens (tertiary/aromatic N) is 2. The Morgan fingerprint density at radius 2 is 1.81 bits per heavy atom. The molecule has 0 unspecified atom stereocenters. The Morgan fingerprint density at radius 1 is 1.15 bits per heavy atom. The fraction of sp³-hybridized carbons (Fsp3) is 0.238. The van der Waals surface area contributed by atoms with Gasteiger partial charge in [-0.1, -0.05) is 54.1 Å². The summed E-state index contributed by atoms with van der Waals surface area (Å²) >= 11 is 5.87. The van der Waals surface area contributed by atoms with Crippen molar-refractivity contribution in [3.05, 3.63) is 82.5 Å². The molecule has 0 aliphatic heterocycles. The van der Waals surface area contributed by atoms with Crippen molar-refractivity contribution < 1.29 is 4.79 Å². The second-order valence-corrected chi connectivity index (χ2v) is 6.63. The fourth-order valence-corrected chi connectivity index (χ4v) is 2.56. The molecule has 1 amide bonds. The van der Waals surface area contributed by atoms with Gasteiger partial charge in [0.1, 0.15) is 11.6 Å². The van der Waals surface area contributed by atoms with Gasteiger partial charge in [-0.05, 0) is 37.1 Å². The van der Waals surface area contributed by atoms with Crippen molar-refractivity contribution >= 4 is 17.5 Å². The number of hydrogen-bond donors (Lipinski definition) is 1. The summed E-state index contributed by atoms with van der Waals surface area (Å²) < 4.78 is 0. The highest BCUT2D eigenvalue weighted by atomic mass is 35.5. The zero-order valence-corrected chi connectivity index (χ0v) is 15.7. The first-order valence-electron chi connectivity index (χ1n) is 8.44. The summed E-state index contributed by atoms with van der Waals surface area (Å²) in [4.78, 5) is 14.5. The van der Waals surface area contributed by atoms with Crippen LogP contribution in [-0.4, -0.2) is 16.8 Å². The second kappa shape index (κ2) is 9.65. The predicted octanol–water partition coefficient (Wildman–Crippen LogP) is 4.27. The van der Waals surface area contributed by atoms with Crippen LogP contribution in [0.2, 0.25) is 5.02 Å². The fourth-order valence-electron chi connectivity index (χ4n) is 2.44. The third-order valence-corrected chi connectivity index (χ3v) is 4.15. The van der Waals surface area contributed by atoms with E-state index >= 15 is 0 Å². The van der Waals surface area contributed by atoms with Crippen molar-refractivity contribution in [3.8, 4) is 6.07 Å². The molecule has 4 nitrogen and oxygen atoms in total. The molecule has 0 fully saturated rings. The summed E-state index contributed by atoms with van der Waals surface area (Å²) in [5, 5.41) is 13.1. The van der Waals surface area contributed by atoms with E-state index in [1.165, 1.54) is 6.20 Å². The number of halogens is 1. The summed E-state index contributed by atoms with van der Waals surface area (Å²) in [6.07, 6.45) is 1.48. The Morgan fingerprint density at radius 3 is 2.38 bits per heavy atom. The van der Waals surface area contributed by atoms with Crippen LogP contribution in [0.25, 0.3) is 0 Å². The smallest absolute Gasteiger partial charge is 0.266 e. The number of nitrogens with one attached hydrogen (secondary N) is 1. The lowest BCUT2D eigenvalue weighted by Crippen LogP contribution is -2.37. The number of amides is 1. The number of nitriles is 1. The van der Waals surface area contributed by atoms with Gasteiger partial charge >= 0.3 is 0 Å². The molecule has 0 spiro atoms. The Bertz CT molecular complexity index is 792. The third kappa shape index (κ3) is 5.65. The van der Waals surface area contributed by atoms with Crippen LogP contribution < -0.4 is 5.32 Å².